The van der Waals surface area contributed by atoms with Gasteiger partial charge in [0.25, 0.3) is 0 Å². The highest BCUT2D eigenvalue weighted by molar-refractivity contribution is 5.92. The predicted molar refractivity (Wildman–Crippen MR) is 131 cm³/mol. The van der Waals surface area contributed by atoms with Crippen LogP contribution in [0.2, 0.25) is 0 Å². The standard InChI is InChI=1S/C24H30N8O2/c1-15(2)22-17-10-20(31-7-5-30(6-8-31)13-21(33)25-3)26-11-18(17)29-23(22)16-9-19(34-4)24-27-14-28-32(24)12-16/h9-12,14-15,29H,5-8,13H2,1-4H3,(H,25,33). The van der Waals surface area contributed by atoms with E-state index in [1.165, 1.54) is 17.3 Å². The van der Waals surface area contributed by atoms with E-state index in [4.69, 9.17) is 9.72 Å². The van der Waals surface area contributed by atoms with Crippen LogP contribution in [0.1, 0.15) is 25.3 Å². The fourth-order valence-electron chi connectivity index (χ4n) is 4.70. The second kappa shape index (κ2) is 8.94. The zero-order valence-electron chi connectivity index (χ0n) is 20.0. The largest absolute Gasteiger partial charge is 0.493 e. The summed E-state index contributed by atoms with van der Waals surface area (Å²) in [7, 11) is 3.32. The van der Waals surface area contributed by atoms with Gasteiger partial charge < -0.3 is 19.9 Å². The molecule has 5 rings (SSSR count). The molecule has 10 heteroatoms. The van der Waals surface area contributed by atoms with Gasteiger partial charge in [-0.05, 0) is 23.6 Å². The third-order valence-corrected chi connectivity index (χ3v) is 6.48. The van der Waals surface area contributed by atoms with Gasteiger partial charge in [0, 0.05) is 50.4 Å². The topological polar surface area (TPSA) is 104 Å². The number of rotatable bonds is 6. The summed E-state index contributed by atoms with van der Waals surface area (Å²) in [4.78, 5) is 28.8. The van der Waals surface area contributed by atoms with Gasteiger partial charge in [-0.15, -0.1) is 0 Å². The quantitative estimate of drug-likeness (QED) is 0.453. The Morgan fingerprint density at radius 1 is 1.21 bits per heavy atom. The monoisotopic (exact) mass is 462 g/mol. The van der Waals surface area contributed by atoms with Crippen LogP contribution in [0.3, 0.4) is 0 Å². The SMILES string of the molecule is CNC(=O)CN1CCN(c2cc3c(C(C)C)c(-c4cc(OC)c5ncnn5c4)[nH]c3cn2)CC1. The van der Waals surface area contributed by atoms with Gasteiger partial charge in [-0.1, -0.05) is 13.8 Å². The first kappa shape index (κ1) is 22.1. The Morgan fingerprint density at radius 2 is 2.00 bits per heavy atom. The lowest BCUT2D eigenvalue weighted by Crippen LogP contribution is -2.49. The molecule has 1 aliphatic heterocycles. The summed E-state index contributed by atoms with van der Waals surface area (Å²) in [5, 5.41) is 8.17. The molecule has 10 nitrogen and oxygen atoms in total. The van der Waals surface area contributed by atoms with Gasteiger partial charge in [-0.3, -0.25) is 9.69 Å². The molecule has 0 spiro atoms. The van der Waals surface area contributed by atoms with Gasteiger partial charge in [-0.25, -0.2) is 14.5 Å². The van der Waals surface area contributed by atoms with E-state index in [-0.39, 0.29) is 5.91 Å². The molecule has 0 unspecified atom stereocenters. The van der Waals surface area contributed by atoms with Crippen molar-refractivity contribution >= 4 is 28.3 Å². The molecule has 2 N–H and O–H groups in total. The number of pyridine rings is 2. The number of carbonyl (C=O) groups is 1. The van der Waals surface area contributed by atoms with E-state index in [2.05, 4.69) is 50.1 Å². The number of ether oxygens (including phenoxy) is 1. The minimum Gasteiger partial charge on any atom is -0.493 e. The molecule has 1 amide bonds. The summed E-state index contributed by atoms with van der Waals surface area (Å²) in [6.07, 6.45) is 5.42. The Labute approximate surface area is 197 Å². The van der Waals surface area contributed by atoms with Gasteiger partial charge >= 0.3 is 0 Å². The Kier molecular flexibility index (Phi) is 5.82. The van der Waals surface area contributed by atoms with Gasteiger partial charge in [0.1, 0.15) is 12.1 Å². The molecule has 1 aliphatic rings. The Bertz CT molecular complexity index is 1330. The molecule has 1 saturated heterocycles. The van der Waals surface area contributed by atoms with Crippen LogP contribution >= 0.6 is 0 Å². The molecule has 4 aromatic heterocycles. The number of hydrogen-bond acceptors (Lipinski definition) is 7. The number of amides is 1. The van der Waals surface area contributed by atoms with Crippen LogP contribution in [-0.2, 0) is 4.79 Å². The van der Waals surface area contributed by atoms with E-state index in [1.54, 1.807) is 18.7 Å². The lowest BCUT2D eigenvalue weighted by molar-refractivity contribution is -0.121. The number of fused-ring (bicyclic) bond motifs is 2. The third-order valence-electron chi connectivity index (χ3n) is 6.48. The molecule has 178 valence electrons. The van der Waals surface area contributed by atoms with E-state index in [9.17, 15) is 4.79 Å². The first-order valence-corrected chi connectivity index (χ1v) is 11.6. The van der Waals surface area contributed by atoms with Gasteiger partial charge in [0.15, 0.2) is 11.4 Å². The number of piperazine rings is 1. The Hall–Kier alpha value is -3.66. The highest BCUT2D eigenvalue weighted by Crippen LogP contribution is 2.38. The molecule has 4 aromatic rings. The molecule has 1 fully saturated rings. The van der Waals surface area contributed by atoms with Crippen LogP contribution in [0.4, 0.5) is 5.82 Å². The fraction of sp³-hybridized carbons (Fsp3) is 0.417. The summed E-state index contributed by atoms with van der Waals surface area (Å²) < 4.78 is 7.32. The second-order valence-corrected chi connectivity index (χ2v) is 8.92. The molecule has 0 aromatic carbocycles. The lowest BCUT2D eigenvalue weighted by Gasteiger charge is -2.35. The summed E-state index contributed by atoms with van der Waals surface area (Å²) in [6.45, 7) is 8.19. The van der Waals surface area contributed by atoms with Crippen LogP contribution < -0.4 is 15.0 Å². The molecular formula is C24H30N8O2. The number of carbonyl (C=O) groups excluding carboxylic acids is 1. The number of likely N-dealkylation sites (N-methyl/N-ethyl adjacent to an activating group) is 1. The van der Waals surface area contributed by atoms with Crippen LogP contribution in [0.15, 0.2) is 30.9 Å². The molecule has 0 saturated carbocycles. The Morgan fingerprint density at radius 3 is 2.71 bits per heavy atom. The van der Waals surface area contributed by atoms with Crippen molar-refractivity contribution in [1.29, 1.82) is 0 Å². The van der Waals surface area contributed by atoms with Crippen molar-refractivity contribution in [2.24, 2.45) is 0 Å². The molecule has 0 bridgehead atoms. The summed E-state index contributed by atoms with van der Waals surface area (Å²) >= 11 is 0. The highest BCUT2D eigenvalue weighted by Gasteiger charge is 2.23. The number of anilines is 1. The minimum absolute atomic E-state index is 0.0510. The van der Waals surface area contributed by atoms with Crippen LogP contribution in [0.5, 0.6) is 5.75 Å². The molecule has 0 atom stereocenters. The number of aromatic amines is 1. The van der Waals surface area contributed by atoms with Crippen molar-refractivity contribution < 1.29 is 9.53 Å². The number of nitrogens with one attached hydrogen (secondary N) is 2. The predicted octanol–water partition coefficient (Wildman–Crippen LogP) is 2.27. The molecular weight excluding hydrogens is 432 g/mol. The number of H-pyrrole nitrogens is 1. The minimum atomic E-state index is 0.0510. The number of methoxy groups -OCH3 is 1. The normalized spacial score (nSPS) is 14.9. The van der Waals surface area contributed by atoms with Crippen LogP contribution in [0, 0.1) is 0 Å². The van der Waals surface area contributed by atoms with Crippen molar-refractivity contribution in [2.75, 3.05) is 51.8 Å². The van der Waals surface area contributed by atoms with Gasteiger partial charge in [0.05, 0.1) is 31.1 Å². The number of nitrogens with zero attached hydrogens (tertiary/aromatic N) is 6. The summed E-state index contributed by atoms with van der Waals surface area (Å²) in [5.74, 6) is 1.98. The first-order valence-electron chi connectivity index (χ1n) is 11.6. The first-order chi connectivity index (χ1) is 16.5. The van der Waals surface area contributed by atoms with Crippen LogP contribution in [-0.4, -0.2) is 82.3 Å². The maximum Gasteiger partial charge on any atom is 0.233 e. The highest BCUT2D eigenvalue weighted by atomic mass is 16.5. The van der Waals surface area contributed by atoms with E-state index in [0.717, 1.165) is 48.8 Å². The third kappa shape index (κ3) is 3.94. The summed E-state index contributed by atoms with van der Waals surface area (Å²) in [6, 6.07) is 4.19. The second-order valence-electron chi connectivity index (χ2n) is 8.92. The van der Waals surface area contributed by atoms with Crippen molar-refractivity contribution in [2.45, 2.75) is 19.8 Å². The lowest BCUT2D eigenvalue weighted by atomic mass is 9.97. The molecule has 0 radical (unpaired) electrons. The van der Waals surface area contributed by atoms with Crippen LogP contribution in [0.25, 0.3) is 27.8 Å². The van der Waals surface area contributed by atoms with Crippen molar-refractivity contribution in [3.63, 3.8) is 0 Å². The maximum atomic E-state index is 11.7. The zero-order valence-corrected chi connectivity index (χ0v) is 20.0. The van der Waals surface area contributed by atoms with E-state index in [1.807, 2.05) is 18.5 Å². The van der Waals surface area contributed by atoms with Gasteiger partial charge in [0.2, 0.25) is 5.91 Å². The van der Waals surface area contributed by atoms with Crippen molar-refractivity contribution in [3.8, 4) is 17.0 Å². The van der Waals surface area contributed by atoms with Crippen molar-refractivity contribution in [1.82, 2.24) is 34.8 Å². The van der Waals surface area contributed by atoms with E-state index >= 15 is 0 Å². The molecule has 5 heterocycles. The average molecular weight is 463 g/mol. The maximum absolute atomic E-state index is 11.7. The molecule has 34 heavy (non-hydrogen) atoms. The van der Waals surface area contributed by atoms with Gasteiger partial charge in [-0.2, -0.15) is 5.10 Å². The fourth-order valence-corrected chi connectivity index (χ4v) is 4.70. The average Bonchev–Trinajstić information content (AvgIpc) is 3.48. The smallest absolute Gasteiger partial charge is 0.233 e. The van der Waals surface area contributed by atoms with E-state index in [0.29, 0.717) is 23.9 Å². The zero-order chi connectivity index (χ0) is 23.8. The van der Waals surface area contributed by atoms with Crippen molar-refractivity contribution in [3.05, 3.63) is 36.4 Å². The number of hydrogen-bond donors (Lipinski definition) is 2. The van der Waals surface area contributed by atoms with E-state index < -0.39 is 0 Å². The Balaban J connectivity index is 1.49. The molecule has 0 aliphatic carbocycles. The number of aromatic nitrogens is 5. The summed E-state index contributed by atoms with van der Waals surface area (Å²) in [5.41, 5.74) is 4.94.